The normalized spacial score (nSPS) is 29.0. The van der Waals surface area contributed by atoms with Crippen LogP contribution in [0.25, 0.3) is 0 Å². The van der Waals surface area contributed by atoms with Crippen LogP contribution in [0.3, 0.4) is 0 Å². The van der Waals surface area contributed by atoms with Crippen LogP contribution < -0.4 is 4.90 Å². The number of amides is 2. The molecule has 3 saturated heterocycles. The molecule has 4 atom stereocenters. The third kappa shape index (κ3) is 4.86. The number of ether oxygens (including phenoxy) is 1. The first kappa shape index (κ1) is 24.0. The summed E-state index contributed by atoms with van der Waals surface area (Å²) in [7, 11) is 0. The molecule has 35 heavy (non-hydrogen) atoms. The fourth-order valence-electron chi connectivity index (χ4n) is 6.26. The third-order valence-corrected chi connectivity index (χ3v) is 7.86. The van der Waals surface area contributed by atoms with Gasteiger partial charge in [0, 0.05) is 63.6 Å². The van der Waals surface area contributed by atoms with Crippen LogP contribution >= 0.6 is 0 Å². The highest BCUT2D eigenvalue weighted by Crippen LogP contribution is 2.38. The summed E-state index contributed by atoms with van der Waals surface area (Å²) in [5.41, 5.74) is 1.88. The summed E-state index contributed by atoms with van der Waals surface area (Å²) in [4.78, 5) is 46.0. The number of nitro groups is 1. The Kier molecular flexibility index (Phi) is 6.67. The number of hydrogen-bond acceptors (Lipinski definition) is 7. The maximum atomic E-state index is 13.9. The van der Waals surface area contributed by atoms with Gasteiger partial charge in [-0.25, -0.2) is 0 Å². The van der Waals surface area contributed by atoms with Crippen molar-refractivity contribution < 1.29 is 19.2 Å². The van der Waals surface area contributed by atoms with Crippen molar-refractivity contribution in [1.29, 1.82) is 0 Å². The van der Waals surface area contributed by atoms with Gasteiger partial charge in [-0.2, -0.15) is 0 Å². The zero-order chi connectivity index (χ0) is 24.7. The van der Waals surface area contributed by atoms with Crippen LogP contribution in [0.2, 0.25) is 0 Å². The highest BCUT2D eigenvalue weighted by Gasteiger charge is 2.44. The molecular formula is C25H35N5O5. The molecule has 0 spiro atoms. The molecule has 4 heterocycles. The predicted molar refractivity (Wildman–Crippen MR) is 130 cm³/mol. The lowest BCUT2D eigenvalue weighted by molar-refractivity contribution is -0.384. The van der Waals surface area contributed by atoms with Crippen LogP contribution in [0.4, 0.5) is 11.4 Å². The molecule has 5 rings (SSSR count). The molecule has 1 aromatic carbocycles. The number of nitro benzene ring substituents is 1. The van der Waals surface area contributed by atoms with Gasteiger partial charge in [-0.1, -0.05) is 0 Å². The second kappa shape index (κ2) is 9.73. The number of carbonyl (C=O) groups is 2. The van der Waals surface area contributed by atoms with Crippen molar-refractivity contribution in [3.8, 4) is 0 Å². The van der Waals surface area contributed by atoms with Crippen LogP contribution in [-0.2, 0) is 20.7 Å². The Hall–Kier alpha value is -2.72. The van der Waals surface area contributed by atoms with E-state index in [4.69, 9.17) is 4.74 Å². The number of piperazine rings is 1. The zero-order valence-electron chi connectivity index (χ0n) is 20.6. The molecule has 0 radical (unpaired) electrons. The topological polar surface area (TPSA) is 99.5 Å². The van der Waals surface area contributed by atoms with Gasteiger partial charge in [-0.05, 0) is 44.7 Å². The van der Waals surface area contributed by atoms with Crippen LogP contribution in [-0.4, -0.2) is 102 Å². The lowest BCUT2D eigenvalue weighted by Crippen LogP contribution is -2.63. The van der Waals surface area contributed by atoms with E-state index in [0.29, 0.717) is 39.1 Å². The van der Waals surface area contributed by atoms with Gasteiger partial charge in [0.2, 0.25) is 11.8 Å². The second-order valence-electron chi connectivity index (χ2n) is 10.5. The van der Waals surface area contributed by atoms with Crippen molar-refractivity contribution in [2.24, 2.45) is 5.92 Å². The molecule has 0 bridgehead atoms. The quantitative estimate of drug-likeness (QED) is 0.471. The minimum absolute atomic E-state index is 0.0308. The standard InChI is InChI=1S/C25H35N5O5/c1-17-13-28(14-18(2)35-17)25(32)21-12-19-11-20(30(33)34)5-6-22(19)29-10-9-26(15-23(21)29)16-24(31)27-7-3-4-8-27/h5-6,11,17-18,21,23H,3-4,7-10,12-16H2,1-2H3/t17-,18+,21-,23+/m1/s1. The van der Waals surface area contributed by atoms with Crippen molar-refractivity contribution in [3.63, 3.8) is 0 Å². The van der Waals surface area contributed by atoms with Gasteiger partial charge in [-0.3, -0.25) is 24.6 Å². The Morgan fingerprint density at radius 2 is 1.74 bits per heavy atom. The lowest BCUT2D eigenvalue weighted by atomic mass is 9.82. The average molecular weight is 486 g/mol. The maximum absolute atomic E-state index is 13.9. The van der Waals surface area contributed by atoms with Gasteiger partial charge >= 0.3 is 0 Å². The minimum atomic E-state index is -0.379. The average Bonchev–Trinajstić information content (AvgIpc) is 3.37. The smallest absolute Gasteiger partial charge is 0.269 e. The Bertz CT molecular complexity index is 986. The zero-order valence-corrected chi connectivity index (χ0v) is 20.6. The van der Waals surface area contributed by atoms with E-state index in [0.717, 1.165) is 43.7 Å². The van der Waals surface area contributed by atoms with E-state index in [2.05, 4.69) is 9.80 Å². The molecule has 4 aliphatic rings. The Labute approximate surface area is 205 Å². The molecule has 4 aliphatic heterocycles. The lowest BCUT2D eigenvalue weighted by Gasteiger charge is -2.50. The highest BCUT2D eigenvalue weighted by atomic mass is 16.6. The second-order valence-corrected chi connectivity index (χ2v) is 10.5. The summed E-state index contributed by atoms with van der Waals surface area (Å²) in [6.07, 6.45) is 2.54. The molecule has 0 unspecified atom stereocenters. The number of rotatable bonds is 4. The van der Waals surface area contributed by atoms with Crippen molar-refractivity contribution >= 4 is 23.2 Å². The summed E-state index contributed by atoms with van der Waals surface area (Å²) in [6.45, 7) is 9.14. The number of benzene rings is 1. The molecular weight excluding hydrogens is 450 g/mol. The predicted octanol–water partition coefficient (Wildman–Crippen LogP) is 1.52. The number of nitrogens with zero attached hydrogens (tertiary/aromatic N) is 5. The molecule has 0 aliphatic carbocycles. The first-order valence-electron chi connectivity index (χ1n) is 12.8. The molecule has 0 aromatic heterocycles. The molecule has 0 N–H and O–H groups in total. The number of carbonyl (C=O) groups excluding carboxylic acids is 2. The first-order chi connectivity index (χ1) is 16.8. The molecule has 190 valence electrons. The molecule has 3 fully saturated rings. The number of hydrogen-bond donors (Lipinski definition) is 0. The van der Waals surface area contributed by atoms with Gasteiger partial charge in [-0.15, -0.1) is 0 Å². The monoisotopic (exact) mass is 485 g/mol. The molecule has 2 amide bonds. The Balaban J connectivity index is 1.40. The van der Waals surface area contributed by atoms with Crippen LogP contribution in [0.1, 0.15) is 32.3 Å². The van der Waals surface area contributed by atoms with Crippen molar-refractivity contribution in [3.05, 3.63) is 33.9 Å². The van der Waals surface area contributed by atoms with Crippen LogP contribution in [0.15, 0.2) is 18.2 Å². The van der Waals surface area contributed by atoms with E-state index in [9.17, 15) is 19.7 Å². The molecule has 10 nitrogen and oxygen atoms in total. The molecule has 10 heteroatoms. The van der Waals surface area contributed by atoms with E-state index in [1.54, 1.807) is 12.1 Å². The number of non-ortho nitro benzene ring substituents is 1. The summed E-state index contributed by atoms with van der Waals surface area (Å²) in [5.74, 6) is -0.0833. The fourth-order valence-corrected chi connectivity index (χ4v) is 6.26. The van der Waals surface area contributed by atoms with E-state index in [-0.39, 0.29) is 46.6 Å². The molecule has 1 aromatic rings. The number of likely N-dealkylation sites (tertiary alicyclic amines) is 1. The largest absolute Gasteiger partial charge is 0.372 e. The van der Waals surface area contributed by atoms with E-state index in [1.165, 1.54) is 0 Å². The number of anilines is 1. The van der Waals surface area contributed by atoms with Gasteiger partial charge in [0.1, 0.15) is 0 Å². The fraction of sp³-hybridized carbons (Fsp3) is 0.680. The Morgan fingerprint density at radius 1 is 1.03 bits per heavy atom. The van der Waals surface area contributed by atoms with E-state index in [1.807, 2.05) is 29.7 Å². The molecule has 0 saturated carbocycles. The maximum Gasteiger partial charge on any atom is 0.269 e. The van der Waals surface area contributed by atoms with Crippen molar-refractivity contribution in [1.82, 2.24) is 14.7 Å². The summed E-state index contributed by atoms with van der Waals surface area (Å²) >= 11 is 0. The van der Waals surface area contributed by atoms with Crippen LogP contribution in [0.5, 0.6) is 0 Å². The summed E-state index contributed by atoms with van der Waals surface area (Å²) in [6, 6.07) is 4.92. The third-order valence-electron chi connectivity index (χ3n) is 7.86. The summed E-state index contributed by atoms with van der Waals surface area (Å²) < 4.78 is 5.84. The highest BCUT2D eigenvalue weighted by molar-refractivity contribution is 5.83. The number of morpholine rings is 1. The summed E-state index contributed by atoms with van der Waals surface area (Å²) in [5, 5.41) is 11.4. The first-order valence-corrected chi connectivity index (χ1v) is 12.8. The van der Waals surface area contributed by atoms with E-state index >= 15 is 0 Å². The van der Waals surface area contributed by atoms with Gasteiger partial charge in [0.05, 0.1) is 35.6 Å². The SMILES string of the molecule is C[C@@H]1CN(C(=O)[C@@H]2Cc3cc([N+](=O)[O-])ccc3N3CCN(CC(=O)N4CCCC4)C[C@@H]23)C[C@H](C)O1. The van der Waals surface area contributed by atoms with Crippen molar-refractivity contribution in [2.45, 2.75) is 51.4 Å². The van der Waals surface area contributed by atoms with Gasteiger partial charge < -0.3 is 19.4 Å². The van der Waals surface area contributed by atoms with Gasteiger partial charge in [0.15, 0.2) is 0 Å². The Morgan fingerprint density at radius 3 is 2.43 bits per heavy atom. The van der Waals surface area contributed by atoms with Crippen molar-refractivity contribution in [2.75, 3.05) is 57.3 Å². The van der Waals surface area contributed by atoms with Gasteiger partial charge in [0.25, 0.3) is 5.69 Å². The van der Waals surface area contributed by atoms with E-state index < -0.39 is 0 Å². The van der Waals surface area contributed by atoms with Crippen LogP contribution in [0, 0.1) is 16.0 Å². The number of fused-ring (bicyclic) bond motifs is 3. The minimum Gasteiger partial charge on any atom is -0.372 e.